The molecule has 5 nitrogen and oxygen atoms in total. The van der Waals surface area contributed by atoms with E-state index in [9.17, 15) is 4.79 Å². The summed E-state index contributed by atoms with van der Waals surface area (Å²) in [5.41, 5.74) is 7.44. The Hall–Kier alpha value is -3.64. The molecule has 196 valence electrons. The van der Waals surface area contributed by atoms with Crippen molar-refractivity contribution in [2.24, 2.45) is 0 Å². The normalized spacial score (nSPS) is 13.8. The maximum absolute atomic E-state index is 11.1. The van der Waals surface area contributed by atoms with Crippen LogP contribution in [0.1, 0.15) is 65.1 Å². The molecule has 5 rings (SSSR count). The van der Waals surface area contributed by atoms with Crippen LogP contribution in [0.4, 0.5) is 10.8 Å². The van der Waals surface area contributed by atoms with Gasteiger partial charge in [-0.3, -0.25) is 0 Å². The number of hydrogen-bond acceptors (Lipinski definition) is 5. The lowest BCUT2D eigenvalue weighted by Crippen LogP contribution is -2.16. The third kappa shape index (κ3) is 6.25. The fourth-order valence-electron chi connectivity index (χ4n) is 5.25. The minimum Gasteiger partial charge on any atom is -0.478 e. The first-order valence-corrected chi connectivity index (χ1v) is 14.2. The van der Waals surface area contributed by atoms with Crippen LogP contribution in [0.3, 0.4) is 0 Å². The summed E-state index contributed by atoms with van der Waals surface area (Å²) in [6.45, 7) is 1.52. The summed E-state index contributed by atoms with van der Waals surface area (Å²) in [5.74, 6) is -0.164. The second-order valence-electron chi connectivity index (χ2n) is 10.4. The lowest BCUT2D eigenvalue weighted by atomic mass is 9.84. The van der Waals surface area contributed by atoms with Gasteiger partial charge in [0, 0.05) is 43.8 Å². The van der Waals surface area contributed by atoms with Gasteiger partial charge < -0.3 is 14.9 Å². The van der Waals surface area contributed by atoms with Crippen LogP contribution in [-0.4, -0.2) is 30.2 Å². The van der Waals surface area contributed by atoms with Gasteiger partial charge in [-0.15, -0.1) is 11.3 Å². The molecular weight excluding hydrogens is 490 g/mol. The smallest absolute Gasteiger partial charge is 0.335 e. The SMILES string of the molecule is CN(Cc1ccc(-c2csc(N(C)Cc3ccc(C(=O)O)cc3)n2)cc1)c1ccc(C2CCCCC2)cc1. The molecule has 1 aromatic heterocycles. The molecule has 38 heavy (non-hydrogen) atoms. The number of thiazole rings is 1. The van der Waals surface area contributed by atoms with Crippen molar-refractivity contribution in [2.75, 3.05) is 23.9 Å². The van der Waals surface area contributed by atoms with Crippen molar-refractivity contribution in [1.82, 2.24) is 4.98 Å². The van der Waals surface area contributed by atoms with Gasteiger partial charge in [-0.1, -0.05) is 67.8 Å². The average Bonchev–Trinajstić information content (AvgIpc) is 3.45. The molecule has 0 atom stereocenters. The number of carboxylic acid groups (broad SMARTS) is 1. The van der Waals surface area contributed by atoms with E-state index in [0.717, 1.165) is 34.4 Å². The first kappa shape index (κ1) is 26.0. The van der Waals surface area contributed by atoms with E-state index in [1.807, 2.05) is 19.2 Å². The highest BCUT2D eigenvalue weighted by atomic mass is 32.1. The van der Waals surface area contributed by atoms with Gasteiger partial charge in [-0.25, -0.2) is 9.78 Å². The number of nitrogens with zero attached hydrogens (tertiary/aromatic N) is 3. The fourth-order valence-corrected chi connectivity index (χ4v) is 6.05. The van der Waals surface area contributed by atoms with Crippen LogP contribution in [0, 0.1) is 0 Å². The molecule has 4 aromatic rings. The maximum Gasteiger partial charge on any atom is 0.335 e. The number of hydrogen-bond donors (Lipinski definition) is 1. The molecular formula is C32H35N3O2S. The number of carboxylic acids is 1. The Morgan fingerprint density at radius 2 is 1.45 bits per heavy atom. The zero-order valence-corrected chi connectivity index (χ0v) is 23.0. The second-order valence-corrected chi connectivity index (χ2v) is 11.2. The third-order valence-corrected chi connectivity index (χ3v) is 8.47. The molecule has 0 radical (unpaired) electrons. The minimum atomic E-state index is -0.907. The molecule has 1 saturated carbocycles. The monoisotopic (exact) mass is 525 g/mol. The highest BCUT2D eigenvalue weighted by Gasteiger charge is 2.16. The lowest BCUT2D eigenvalue weighted by Gasteiger charge is -2.24. The molecule has 3 aromatic carbocycles. The Kier molecular flexibility index (Phi) is 8.08. The molecule has 1 N–H and O–H groups in total. The zero-order chi connectivity index (χ0) is 26.5. The van der Waals surface area contributed by atoms with Crippen molar-refractivity contribution in [3.05, 3.63) is 100 Å². The minimum absolute atomic E-state index is 0.301. The van der Waals surface area contributed by atoms with E-state index in [2.05, 4.69) is 70.8 Å². The quantitative estimate of drug-likeness (QED) is 0.241. The van der Waals surface area contributed by atoms with Gasteiger partial charge in [0.15, 0.2) is 5.13 Å². The van der Waals surface area contributed by atoms with Crippen molar-refractivity contribution >= 4 is 28.1 Å². The van der Waals surface area contributed by atoms with Crippen LogP contribution >= 0.6 is 11.3 Å². The number of aromatic carboxylic acids is 1. The van der Waals surface area contributed by atoms with Crippen LogP contribution < -0.4 is 9.80 Å². The topological polar surface area (TPSA) is 56.7 Å². The van der Waals surface area contributed by atoms with Gasteiger partial charge in [-0.05, 0) is 59.7 Å². The number of anilines is 2. The standard InChI is InChI=1S/C32H35N3O2S/c1-34(29-18-16-26(17-19-29)25-6-4-3-5-7-25)20-23-8-12-27(13-9-23)30-22-38-32(33-30)35(2)21-24-10-14-28(15-11-24)31(36)37/h8-19,22,25H,3-7,20-21H2,1-2H3,(H,36,37). The second kappa shape index (κ2) is 11.8. The van der Waals surface area contributed by atoms with E-state index >= 15 is 0 Å². The predicted molar refractivity (Wildman–Crippen MR) is 157 cm³/mol. The molecule has 0 bridgehead atoms. The van der Waals surface area contributed by atoms with Crippen LogP contribution in [0.5, 0.6) is 0 Å². The highest BCUT2D eigenvalue weighted by molar-refractivity contribution is 7.14. The average molecular weight is 526 g/mol. The Bertz CT molecular complexity index is 1340. The Morgan fingerprint density at radius 1 is 0.842 bits per heavy atom. The molecule has 1 heterocycles. The van der Waals surface area contributed by atoms with Crippen LogP contribution in [0.15, 0.2) is 78.2 Å². The van der Waals surface area contributed by atoms with Gasteiger partial charge in [-0.2, -0.15) is 0 Å². The van der Waals surface area contributed by atoms with Crippen molar-refractivity contribution in [2.45, 2.75) is 51.1 Å². The van der Waals surface area contributed by atoms with Crippen LogP contribution in [0.2, 0.25) is 0 Å². The molecule has 0 aliphatic heterocycles. The number of benzene rings is 3. The van der Waals surface area contributed by atoms with Gasteiger partial charge in [0.1, 0.15) is 0 Å². The molecule has 0 spiro atoms. The van der Waals surface area contributed by atoms with Gasteiger partial charge >= 0.3 is 5.97 Å². The maximum atomic E-state index is 11.1. The van der Waals surface area contributed by atoms with E-state index in [1.165, 1.54) is 48.9 Å². The predicted octanol–water partition coefficient (Wildman–Crippen LogP) is 7.83. The molecule has 1 fully saturated rings. The first-order valence-electron chi connectivity index (χ1n) is 13.4. The molecule has 1 aliphatic rings. The van der Waals surface area contributed by atoms with Crippen molar-refractivity contribution in [3.63, 3.8) is 0 Å². The van der Waals surface area contributed by atoms with E-state index in [-0.39, 0.29) is 0 Å². The van der Waals surface area contributed by atoms with E-state index < -0.39 is 5.97 Å². The third-order valence-electron chi connectivity index (χ3n) is 7.52. The van der Waals surface area contributed by atoms with Crippen molar-refractivity contribution in [3.8, 4) is 11.3 Å². The number of aromatic nitrogens is 1. The zero-order valence-electron chi connectivity index (χ0n) is 22.1. The van der Waals surface area contributed by atoms with Gasteiger partial charge in [0.2, 0.25) is 0 Å². The molecule has 0 amide bonds. The summed E-state index contributed by atoms with van der Waals surface area (Å²) in [6.07, 6.45) is 6.79. The highest BCUT2D eigenvalue weighted by Crippen LogP contribution is 2.33. The van der Waals surface area contributed by atoms with Crippen LogP contribution in [-0.2, 0) is 13.1 Å². The number of carbonyl (C=O) groups is 1. The van der Waals surface area contributed by atoms with E-state index in [0.29, 0.717) is 12.1 Å². The number of rotatable bonds is 9. The molecule has 1 aliphatic carbocycles. The Balaban J connectivity index is 1.18. The van der Waals surface area contributed by atoms with E-state index in [4.69, 9.17) is 10.1 Å². The molecule has 0 saturated heterocycles. The lowest BCUT2D eigenvalue weighted by molar-refractivity contribution is 0.0697. The van der Waals surface area contributed by atoms with Crippen molar-refractivity contribution in [1.29, 1.82) is 0 Å². The van der Waals surface area contributed by atoms with Crippen LogP contribution in [0.25, 0.3) is 11.3 Å². The van der Waals surface area contributed by atoms with Gasteiger partial charge in [0.05, 0.1) is 11.3 Å². The summed E-state index contributed by atoms with van der Waals surface area (Å²) in [4.78, 5) is 20.3. The molecule has 6 heteroatoms. The Morgan fingerprint density at radius 3 is 2.08 bits per heavy atom. The largest absolute Gasteiger partial charge is 0.478 e. The summed E-state index contributed by atoms with van der Waals surface area (Å²) < 4.78 is 0. The fraction of sp³-hybridized carbons (Fsp3) is 0.312. The van der Waals surface area contributed by atoms with Crippen molar-refractivity contribution < 1.29 is 9.90 Å². The van der Waals surface area contributed by atoms with E-state index in [1.54, 1.807) is 23.5 Å². The molecule has 0 unspecified atom stereocenters. The van der Waals surface area contributed by atoms with Gasteiger partial charge in [0.25, 0.3) is 0 Å². The summed E-state index contributed by atoms with van der Waals surface area (Å²) >= 11 is 1.62. The summed E-state index contributed by atoms with van der Waals surface area (Å²) in [7, 11) is 4.16. The summed E-state index contributed by atoms with van der Waals surface area (Å²) in [5, 5.41) is 12.1. The Labute approximate surface area is 229 Å². The first-order chi connectivity index (χ1) is 18.5. The summed E-state index contributed by atoms with van der Waals surface area (Å²) in [6, 6.07) is 24.9.